The fourth-order valence-corrected chi connectivity index (χ4v) is 1.26. The van der Waals surface area contributed by atoms with Gasteiger partial charge in [-0.25, -0.2) is 4.39 Å². The molecule has 1 atom stereocenters. The summed E-state index contributed by atoms with van der Waals surface area (Å²) in [5.74, 6) is -0.380. The topological polar surface area (TPSA) is 26.0 Å². The highest BCUT2D eigenvalue weighted by atomic mass is 35.5. The van der Waals surface area contributed by atoms with Crippen LogP contribution in [0, 0.1) is 5.82 Å². The summed E-state index contributed by atoms with van der Waals surface area (Å²) in [6, 6.07) is 4.77. The smallest absolute Gasteiger partial charge is 0.142 e. The van der Waals surface area contributed by atoms with Crippen LogP contribution < -0.4 is 5.73 Å². The summed E-state index contributed by atoms with van der Waals surface area (Å²) in [6.07, 6.45) is 0.608. The van der Waals surface area contributed by atoms with Crippen molar-refractivity contribution < 1.29 is 4.39 Å². The van der Waals surface area contributed by atoms with E-state index in [2.05, 4.69) is 0 Å². The van der Waals surface area contributed by atoms with Crippen LogP contribution >= 0.6 is 11.6 Å². The highest BCUT2D eigenvalue weighted by Crippen LogP contribution is 2.20. The van der Waals surface area contributed by atoms with E-state index in [1.807, 2.05) is 6.92 Å². The van der Waals surface area contributed by atoms with E-state index in [4.69, 9.17) is 17.3 Å². The van der Waals surface area contributed by atoms with Crippen LogP contribution in [0.15, 0.2) is 18.2 Å². The lowest BCUT2D eigenvalue weighted by Crippen LogP contribution is -2.18. The third-order valence-electron chi connectivity index (χ3n) is 1.57. The summed E-state index contributed by atoms with van der Waals surface area (Å²) in [4.78, 5) is 0. The molecule has 0 unspecified atom stereocenters. The van der Waals surface area contributed by atoms with E-state index in [-0.39, 0.29) is 16.9 Å². The standard InChI is InChI=1S/C9H11ClFN/c1-6(12)5-7-3-2-4-8(11)9(7)10/h2-4,6H,5,12H2,1H3/t6-/m1/s1. The Kier molecular flexibility index (Phi) is 3.06. The van der Waals surface area contributed by atoms with Gasteiger partial charge >= 0.3 is 0 Å². The lowest BCUT2D eigenvalue weighted by atomic mass is 10.1. The molecule has 0 aromatic heterocycles. The Hall–Kier alpha value is -0.600. The predicted octanol–water partition coefficient (Wildman–Crippen LogP) is 2.37. The maximum atomic E-state index is 12.9. The quantitative estimate of drug-likeness (QED) is 0.756. The van der Waals surface area contributed by atoms with Crippen LogP contribution in [0.3, 0.4) is 0 Å². The maximum Gasteiger partial charge on any atom is 0.142 e. The van der Waals surface area contributed by atoms with Gasteiger partial charge in [-0.05, 0) is 25.0 Å². The normalized spacial score (nSPS) is 13.0. The highest BCUT2D eigenvalue weighted by molar-refractivity contribution is 6.31. The fourth-order valence-electron chi connectivity index (χ4n) is 1.05. The largest absolute Gasteiger partial charge is 0.328 e. The average molecular weight is 188 g/mol. The summed E-state index contributed by atoms with van der Waals surface area (Å²) in [5.41, 5.74) is 6.33. The monoisotopic (exact) mass is 187 g/mol. The van der Waals surface area contributed by atoms with Crippen LogP contribution in [0.2, 0.25) is 5.02 Å². The summed E-state index contributed by atoms with van der Waals surface area (Å²) in [6.45, 7) is 1.86. The summed E-state index contributed by atoms with van der Waals surface area (Å²) in [7, 11) is 0. The molecular weight excluding hydrogens is 177 g/mol. The Labute approximate surface area is 76.3 Å². The Balaban J connectivity index is 2.92. The molecule has 2 N–H and O–H groups in total. The minimum atomic E-state index is -0.380. The molecule has 0 saturated heterocycles. The van der Waals surface area contributed by atoms with Gasteiger partial charge in [-0.15, -0.1) is 0 Å². The van der Waals surface area contributed by atoms with Crippen molar-refractivity contribution in [3.05, 3.63) is 34.6 Å². The molecule has 0 aliphatic rings. The Bertz CT molecular complexity index is 273. The van der Waals surface area contributed by atoms with Crippen molar-refractivity contribution in [3.63, 3.8) is 0 Å². The number of benzene rings is 1. The predicted molar refractivity (Wildman–Crippen MR) is 48.8 cm³/mol. The van der Waals surface area contributed by atoms with E-state index in [1.165, 1.54) is 6.07 Å². The molecule has 1 aromatic rings. The molecule has 3 heteroatoms. The number of hydrogen-bond donors (Lipinski definition) is 1. The van der Waals surface area contributed by atoms with Gasteiger partial charge in [0.25, 0.3) is 0 Å². The Morgan fingerprint density at radius 1 is 1.58 bits per heavy atom. The van der Waals surface area contributed by atoms with Crippen LogP contribution in [0.4, 0.5) is 4.39 Å². The fraction of sp³-hybridized carbons (Fsp3) is 0.333. The zero-order valence-corrected chi connectivity index (χ0v) is 7.61. The zero-order valence-electron chi connectivity index (χ0n) is 6.85. The molecule has 0 radical (unpaired) electrons. The van der Waals surface area contributed by atoms with Crippen molar-refractivity contribution in [3.8, 4) is 0 Å². The van der Waals surface area contributed by atoms with Crippen LogP contribution in [0.25, 0.3) is 0 Å². The molecule has 0 amide bonds. The third kappa shape index (κ3) is 2.19. The Morgan fingerprint density at radius 2 is 2.25 bits per heavy atom. The van der Waals surface area contributed by atoms with E-state index in [1.54, 1.807) is 12.1 Å². The van der Waals surface area contributed by atoms with Gasteiger partial charge < -0.3 is 5.73 Å². The first-order valence-electron chi connectivity index (χ1n) is 3.79. The van der Waals surface area contributed by atoms with Crippen LogP contribution in [-0.2, 0) is 6.42 Å². The third-order valence-corrected chi connectivity index (χ3v) is 2.00. The molecule has 1 rings (SSSR count). The van der Waals surface area contributed by atoms with Gasteiger partial charge in [0.2, 0.25) is 0 Å². The number of rotatable bonds is 2. The van der Waals surface area contributed by atoms with E-state index < -0.39 is 0 Å². The van der Waals surface area contributed by atoms with Gasteiger partial charge in [-0.1, -0.05) is 23.7 Å². The molecule has 0 bridgehead atoms. The van der Waals surface area contributed by atoms with E-state index >= 15 is 0 Å². The minimum Gasteiger partial charge on any atom is -0.328 e. The second kappa shape index (κ2) is 3.87. The summed E-state index contributed by atoms with van der Waals surface area (Å²) >= 11 is 5.71. The van der Waals surface area contributed by atoms with Crippen LogP contribution in [0.1, 0.15) is 12.5 Å². The lowest BCUT2D eigenvalue weighted by molar-refractivity contribution is 0.623. The lowest BCUT2D eigenvalue weighted by Gasteiger charge is -2.07. The van der Waals surface area contributed by atoms with Crippen molar-refractivity contribution in [1.29, 1.82) is 0 Å². The maximum absolute atomic E-state index is 12.9. The molecule has 0 fully saturated rings. The van der Waals surface area contributed by atoms with Crippen LogP contribution in [-0.4, -0.2) is 6.04 Å². The average Bonchev–Trinajstić information content (AvgIpc) is 1.98. The van der Waals surface area contributed by atoms with Gasteiger partial charge in [0, 0.05) is 6.04 Å². The van der Waals surface area contributed by atoms with Crippen molar-refractivity contribution in [2.24, 2.45) is 5.73 Å². The van der Waals surface area contributed by atoms with Gasteiger partial charge in [0.15, 0.2) is 0 Å². The number of halogens is 2. The molecule has 12 heavy (non-hydrogen) atoms. The second-order valence-corrected chi connectivity index (χ2v) is 3.27. The molecule has 0 heterocycles. The van der Waals surface area contributed by atoms with Crippen LogP contribution in [0.5, 0.6) is 0 Å². The molecule has 0 aliphatic heterocycles. The first kappa shape index (κ1) is 9.49. The van der Waals surface area contributed by atoms with Crippen molar-refractivity contribution in [2.75, 3.05) is 0 Å². The van der Waals surface area contributed by atoms with Gasteiger partial charge in [0.1, 0.15) is 5.82 Å². The van der Waals surface area contributed by atoms with E-state index in [0.29, 0.717) is 6.42 Å². The Morgan fingerprint density at radius 3 is 2.83 bits per heavy atom. The summed E-state index contributed by atoms with van der Waals surface area (Å²) in [5, 5.41) is 0.190. The number of hydrogen-bond acceptors (Lipinski definition) is 1. The first-order valence-corrected chi connectivity index (χ1v) is 4.17. The minimum absolute atomic E-state index is 0.00398. The zero-order chi connectivity index (χ0) is 9.14. The van der Waals surface area contributed by atoms with Crippen molar-refractivity contribution in [1.82, 2.24) is 0 Å². The van der Waals surface area contributed by atoms with Crippen molar-refractivity contribution >= 4 is 11.6 Å². The molecule has 1 nitrogen and oxygen atoms in total. The molecule has 0 saturated carbocycles. The van der Waals surface area contributed by atoms with Gasteiger partial charge in [0.05, 0.1) is 5.02 Å². The molecule has 0 aliphatic carbocycles. The van der Waals surface area contributed by atoms with E-state index in [9.17, 15) is 4.39 Å². The summed E-state index contributed by atoms with van der Waals surface area (Å²) < 4.78 is 12.9. The molecule has 66 valence electrons. The SMILES string of the molecule is C[C@@H](N)Cc1cccc(F)c1Cl. The molecular formula is C9H11ClFN. The highest BCUT2D eigenvalue weighted by Gasteiger charge is 2.06. The van der Waals surface area contributed by atoms with E-state index in [0.717, 1.165) is 5.56 Å². The van der Waals surface area contributed by atoms with Gasteiger partial charge in [-0.2, -0.15) is 0 Å². The number of nitrogens with two attached hydrogens (primary N) is 1. The second-order valence-electron chi connectivity index (χ2n) is 2.89. The molecule has 0 spiro atoms. The van der Waals surface area contributed by atoms with Gasteiger partial charge in [-0.3, -0.25) is 0 Å². The van der Waals surface area contributed by atoms with Crippen molar-refractivity contribution in [2.45, 2.75) is 19.4 Å². The molecule has 1 aromatic carbocycles. The first-order chi connectivity index (χ1) is 5.61.